The quantitative estimate of drug-likeness (QED) is 0.345. The summed E-state index contributed by atoms with van der Waals surface area (Å²) in [5.41, 5.74) is 0.375. The molecule has 1 N–H and O–H groups in total. The molecule has 0 radical (unpaired) electrons. The number of thioether (sulfide) groups is 1. The maximum absolute atomic E-state index is 13.7. The molecular weight excluding hydrogens is 415 g/mol. The number of para-hydroxylation sites is 1. The molecule has 1 unspecified atom stereocenters. The van der Waals surface area contributed by atoms with Crippen molar-refractivity contribution in [1.82, 2.24) is 9.78 Å². The van der Waals surface area contributed by atoms with Crippen molar-refractivity contribution in [1.29, 1.82) is 0 Å². The summed E-state index contributed by atoms with van der Waals surface area (Å²) in [7, 11) is 0. The van der Waals surface area contributed by atoms with Gasteiger partial charge in [0.05, 0.1) is 16.6 Å². The molecule has 0 aliphatic rings. The highest BCUT2D eigenvalue weighted by molar-refractivity contribution is 8.02. The Morgan fingerprint density at radius 2 is 1.89 bits per heavy atom. The molecule has 0 fully saturated rings. The van der Waals surface area contributed by atoms with Crippen molar-refractivity contribution in [2.45, 2.75) is 16.5 Å². The highest BCUT2D eigenvalue weighted by Crippen LogP contribution is 2.29. The summed E-state index contributed by atoms with van der Waals surface area (Å²) in [6.07, 6.45) is 0. The fourth-order valence-electron chi connectivity index (χ4n) is 2.10. The molecule has 140 valence electrons. The largest absolute Gasteiger partial charge is 0.323 e. The van der Waals surface area contributed by atoms with E-state index in [1.54, 1.807) is 11.6 Å². The average Bonchev–Trinajstić information content (AvgIpc) is 3.03. The van der Waals surface area contributed by atoms with E-state index in [1.165, 1.54) is 11.3 Å². The summed E-state index contributed by atoms with van der Waals surface area (Å²) in [5, 5.41) is 5.97. The Morgan fingerprint density at radius 3 is 2.59 bits per heavy atom. The molecule has 0 bridgehead atoms. The van der Waals surface area contributed by atoms with Gasteiger partial charge in [-0.2, -0.15) is 0 Å². The van der Waals surface area contributed by atoms with Gasteiger partial charge in [-0.25, -0.2) is 17.9 Å². The number of nitrogens with zero attached hydrogens (tertiary/aromatic N) is 2. The van der Waals surface area contributed by atoms with Gasteiger partial charge in [0.1, 0.15) is 0 Å². The second-order valence-electron chi connectivity index (χ2n) is 5.35. The summed E-state index contributed by atoms with van der Waals surface area (Å²) < 4.78 is 42.6. The third-order valence-electron chi connectivity index (χ3n) is 3.47. The van der Waals surface area contributed by atoms with Crippen molar-refractivity contribution in [3.8, 4) is 5.69 Å². The molecule has 27 heavy (non-hydrogen) atoms. The van der Waals surface area contributed by atoms with Gasteiger partial charge in [-0.3, -0.25) is 4.79 Å². The zero-order valence-corrected chi connectivity index (χ0v) is 16.2. The monoisotopic (exact) mass is 427 g/mol. The van der Waals surface area contributed by atoms with E-state index in [0.29, 0.717) is 8.29 Å². The Kier molecular flexibility index (Phi) is 5.98. The van der Waals surface area contributed by atoms with Crippen LogP contribution in [0.25, 0.3) is 5.69 Å². The summed E-state index contributed by atoms with van der Waals surface area (Å²) in [6, 6.07) is 11.0. The van der Waals surface area contributed by atoms with E-state index in [1.807, 2.05) is 30.3 Å². The van der Waals surface area contributed by atoms with Crippen molar-refractivity contribution >= 4 is 46.9 Å². The van der Waals surface area contributed by atoms with Crippen LogP contribution in [0.5, 0.6) is 0 Å². The van der Waals surface area contributed by atoms with E-state index in [-0.39, 0.29) is 0 Å². The van der Waals surface area contributed by atoms with E-state index >= 15 is 0 Å². The highest BCUT2D eigenvalue weighted by atomic mass is 32.2. The van der Waals surface area contributed by atoms with Crippen LogP contribution in [-0.2, 0) is 4.79 Å². The first kappa shape index (κ1) is 19.6. The van der Waals surface area contributed by atoms with Crippen LogP contribution in [0.3, 0.4) is 0 Å². The van der Waals surface area contributed by atoms with Crippen molar-refractivity contribution in [3.63, 3.8) is 0 Å². The van der Waals surface area contributed by atoms with E-state index in [0.717, 1.165) is 29.6 Å². The van der Waals surface area contributed by atoms with Crippen molar-refractivity contribution < 1.29 is 18.0 Å². The van der Waals surface area contributed by atoms with Crippen LogP contribution in [0, 0.1) is 21.4 Å². The number of hydrogen-bond donors (Lipinski definition) is 1. The number of benzene rings is 2. The van der Waals surface area contributed by atoms with Gasteiger partial charge in [0.25, 0.3) is 0 Å². The van der Waals surface area contributed by atoms with Gasteiger partial charge < -0.3 is 5.32 Å². The third kappa shape index (κ3) is 4.40. The first-order valence-electron chi connectivity index (χ1n) is 7.63. The Morgan fingerprint density at radius 1 is 1.19 bits per heavy atom. The molecule has 0 aliphatic heterocycles. The second kappa shape index (κ2) is 8.24. The van der Waals surface area contributed by atoms with Gasteiger partial charge in [-0.15, -0.1) is 5.10 Å². The number of aromatic nitrogens is 2. The minimum Gasteiger partial charge on any atom is -0.323 e. The van der Waals surface area contributed by atoms with Crippen molar-refractivity contribution in [2.24, 2.45) is 0 Å². The first-order chi connectivity index (χ1) is 12.9. The molecule has 3 aromatic rings. The van der Waals surface area contributed by atoms with Crippen molar-refractivity contribution in [2.75, 3.05) is 5.32 Å². The van der Waals surface area contributed by atoms with Crippen LogP contribution < -0.4 is 5.32 Å². The lowest BCUT2D eigenvalue weighted by atomic mass is 10.2. The van der Waals surface area contributed by atoms with Crippen LogP contribution in [0.15, 0.2) is 46.8 Å². The minimum atomic E-state index is -1.63. The number of halogens is 3. The smallest absolute Gasteiger partial charge is 0.237 e. The third-order valence-corrected chi connectivity index (χ3v) is 5.89. The predicted molar refractivity (Wildman–Crippen MR) is 103 cm³/mol. The zero-order valence-electron chi connectivity index (χ0n) is 13.8. The van der Waals surface area contributed by atoms with Crippen LogP contribution in [0.1, 0.15) is 6.92 Å². The van der Waals surface area contributed by atoms with E-state index in [9.17, 15) is 18.0 Å². The molecule has 2 aromatic carbocycles. The summed E-state index contributed by atoms with van der Waals surface area (Å²) in [5.74, 6) is -4.96. The van der Waals surface area contributed by atoms with Crippen LogP contribution in [-0.4, -0.2) is 20.9 Å². The van der Waals surface area contributed by atoms with Gasteiger partial charge in [0.2, 0.25) is 5.91 Å². The van der Waals surface area contributed by atoms with E-state index in [4.69, 9.17) is 12.2 Å². The number of nitrogens with one attached hydrogen (secondary N) is 1. The van der Waals surface area contributed by atoms with E-state index < -0.39 is 34.3 Å². The number of amides is 1. The standard InChI is InChI=1S/C17H12F3N3OS3/c1-9(15(24)21-12-8-7-11(18)13(19)14(12)20)26-16-22-23(17(25)27-16)10-5-3-2-4-6-10/h2-9H,1H3,(H,21,24). The Balaban J connectivity index is 1.72. The average molecular weight is 427 g/mol. The van der Waals surface area contributed by atoms with E-state index in [2.05, 4.69) is 10.4 Å². The number of carbonyl (C=O) groups excluding carboxylic acids is 1. The SMILES string of the molecule is CC(Sc1nn(-c2ccccc2)c(=S)s1)C(=O)Nc1ccc(F)c(F)c1F. The van der Waals surface area contributed by atoms with Gasteiger partial charge in [0, 0.05) is 0 Å². The normalized spacial score (nSPS) is 12.0. The topological polar surface area (TPSA) is 46.9 Å². The maximum atomic E-state index is 13.7. The lowest BCUT2D eigenvalue weighted by molar-refractivity contribution is -0.115. The minimum absolute atomic E-state index is 0.422. The molecule has 1 heterocycles. The van der Waals surface area contributed by atoms with Gasteiger partial charge >= 0.3 is 0 Å². The molecule has 3 rings (SSSR count). The molecule has 10 heteroatoms. The number of rotatable bonds is 5. The lowest BCUT2D eigenvalue weighted by Crippen LogP contribution is -2.23. The van der Waals surface area contributed by atoms with Crippen LogP contribution in [0.2, 0.25) is 0 Å². The Labute approximate surface area is 166 Å². The lowest BCUT2D eigenvalue weighted by Gasteiger charge is -2.11. The summed E-state index contributed by atoms with van der Waals surface area (Å²) in [4.78, 5) is 12.3. The fraction of sp³-hybridized carbons (Fsp3) is 0.118. The first-order valence-corrected chi connectivity index (χ1v) is 9.74. The molecular formula is C17H12F3N3OS3. The van der Waals surface area contributed by atoms with Crippen molar-refractivity contribution in [3.05, 3.63) is 63.9 Å². The predicted octanol–water partition coefficient (Wildman–Crippen LogP) is 5.20. The number of anilines is 1. The number of hydrogen-bond acceptors (Lipinski definition) is 5. The Hall–Kier alpha value is -2.17. The van der Waals surface area contributed by atoms with Gasteiger partial charge in [-0.1, -0.05) is 41.3 Å². The maximum Gasteiger partial charge on any atom is 0.237 e. The molecule has 0 aliphatic carbocycles. The highest BCUT2D eigenvalue weighted by Gasteiger charge is 2.21. The molecule has 0 spiro atoms. The van der Waals surface area contributed by atoms with Crippen LogP contribution in [0.4, 0.5) is 18.9 Å². The molecule has 1 atom stereocenters. The van der Waals surface area contributed by atoms with Gasteiger partial charge in [-0.05, 0) is 43.4 Å². The van der Waals surface area contributed by atoms with Crippen LogP contribution >= 0.6 is 35.3 Å². The number of carbonyl (C=O) groups is 1. The molecule has 1 amide bonds. The Bertz CT molecular complexity index is 1040. The summed E-state index contributed by atoms with van der Waals surface area (Å²) in [6.45, 7) is 1.59. The molecule has 0 saturated heterocycles. The van der Waals surface area contributed by atoms with Gasteiger partial charge in [0.15, 0.2) is 25.7 Å². The second-order valence-corrected chi connectivity index (χ2v) is 8.56. The summed E-state index contributed by atoms with van der Waals surface area (Å²) >= 11 is 7.67. The molecule has 0 saturated carbocycles. The fourth-order valence-corrected chi connectivity index (χ4v) is 4.61. The zero-order chi connectivity index (χ0) is 19.6. The molecule has 1 aromatic heterocycles. The molecule has 4 nitrogen and oxygen atoms in total.